The Bertz CT molecular complexity index is 904. The molecule has 0 N–H and O–H groups in total. The van der Waals surface area contributed by atoms with Crippen LogP contribution in [0.4, 0.5) is 0 Å². The highest BCUT2D eigenvalue weighted by Crippen LogP contribution is 2.23. The summed E-state index contributed by atoms with van der Waals surface area (Å²) in [5.74, 6) is 1.33. The van der Waals surface area contributed by atoms with Crippen molar-refractivity contribution < 1.29 is 0 Å². The second-order valence-electron chi connectivity index (χ2n) is 9.50. The molecular weight excluding hydrogens is 372 g/mol. The molecule has 0 fully saturated rings. The second-order valence-corrected chi connectivity index (χ2v) is 9.50. The summed E-state index contributed by atoms with van der Waals surface area (Å²) in [4.78, 5) is 0. The number of rotatable bonds is 7. The summed E-state index contributed by atoms with van der Waals surface area (Å²) < 4.78 is 0. The van der Waals surface area contributed by atoms with Crippen molar-refractivity contribution in [3.63, 3.8) is 0 Å². The minimum absolute atomic E-state index is 0.615. The summed E-state index contributed by atoms with van der Waals surface area (Å²) in [5.41, 5.74) is 10.9. The molecule has 0 heterocycles. The van der Waals surface area contributed by atoms with Gasteiger partial charge in [-0.05, 0) is 98.2 Å². The summed E-state index contributed by atoms with van der Waals surface area (Å²) in [5, 5.41) is 0. The van der Waals surface area contributed by atoms with E-state index in [1.165, 1.54) is 44.5 Å². The quantitative estimate of drug-likeness (QED) is 0.394. The van der Waals surface area contributed by atoms with E-state index >= 15 is 0 Å². The fourth-order valence-corrected chi connectivity index (χ4v) is 3.37. The molecule has 0 radical (unpaired) electrons. The van der Waals surface area contributed by atoms with Crippen LogP contribution in [0.1, 0.15) is 94.2 Å². The molecule has 2 aromatic rings. The van der Waals surface area contributed by atoms with E-state index in [2.05, 4.69) is 124 Å². The molecule has 0 aliphatic rings. The summed E-state index contributed by atoms with van der Waals surface area (Å²) in [7, 11) is 0. The van der Waals surface area contributed by atoms with Crippen LogP contribution in [-0.2, 0) is 6.42 Å². The third-order valence-electron chi connectivity index (χ3n) is 5.70. The van der Waals surface area contributed by atoms with Crippen molar-refractivity contribution >= 4 is 11.6 Å². The maximum Gasteiger partial charge on any atom is -0.00665 e. The van der Waals surface area contributed by atoms with Crippen LogP contribution in [0.3, 0.4) is 0 Å². The van der Waals surface area contributed by atoms with Gasteiger partial charge in [-0.1, -0.05) is 94.5 Å². The van der Waals surface area contributed by atoms with Gasteiger partial charge in [-0.25, -0.2) is 0 Å². The van der Waals surface area contributed by atoms with Gasteiger partial charge in [0.1, 0.15) is 0 Å². The first kappa shape index (κ1) is 26.7. The lowest BCUT2D eigenvalue weighted by molar-refractivity contribution is 0.665. The molecule has 31 heavy (non-hydrogen) atoms. The molecule has 0 heteroatoms. The molecule has 0 amide bonds. The summed E-state index contributed by atoms with van der Waals surface area (Å²) >= 11 is 0. The molecule has 0 saturated heterocycles. The van der Waals surface area contributed by atoms with Crippen molar-refractivity contribution in [2.75, 3.05) is 0 Å². The third kappa shape index (κ3) is 9.13. The predicted octanol–water partition coefficient (Wildman–Crippen LogP) is 9.71. The maximum atomic E-state index is 4.03. The zero-order chi connectivity index (χ0) is 23.6. The molecule has 168 valence electrons. The van der Waals surface area contributed by atoms with E-state index in [0.717, 1.165) is 18.8 Å². The zero-order valence-electron chi connectivity index (χ0n) is 21.5. The van der Waals surface area contributed by atoms with E-state index < -0.39 is 0 Å². The van der Waals surface area contributed by atoms with Gasteiger partial charge in [0.15, 0.2) is 0 Å². The Morgan fingerprint density at radius 1 is 1.00 bits per heavy atom. The highest BCUT2D eigenvalue weighted by atomic mass is 14.1. The third-order valence-corrected chi connectivity index (χ3v) is 5.70. The van der Waals surface area contributed by atoms with Gasteiger partial charge < -0.3 is 0 Å². The van der Waals surface area contributed by atoms with Crippen molar-refractivity contribution in [3.05, 3.63) is 94.1 Å². The van der Waals surface area contributed by atoms with E-state index in [-0.39, 0.29) is 0 Å². The Balaban J connectivity index is 0.000000327. The van der Waals surface area contributed by atoms with Crippen LogP contribution in [0.2, 0.25) is 0 Å². The van der Waals surface area contributed by atoms with Gasteiger partial charge >= 0.3 is 0 Å². The average Bonchev–Trinajstić information content (AvgIpc) is 2.72. The molecule has 0 spiro atoms. The first-order chi connectivity index (χ1) is 14.6. The normalized spacial score (nSPS) is 11.8. The predicted molar refractivity (Wildman–Crippen MR) is 143 cm³/mol. The van der Waals surface area contributed by atoms with Gasteiger partial charge in [0.25, 0.3) is 0 Å². The fraction of sp³-hybridized carbons (Fsp3) is 0.419. The van der Waals surface area contributed by atoms with Crippen molar-refractivity contribution in [3.8, 4) is 0 Å². The number of hydrogen-bond donors (Lipinski definition) is 0. The molecule has 2 rings (SSSR count). The summed E-state index contributed by atoms with van der Waals surface area (Å²) in [6.07, 6.45) is 8.86. The van der Waals surface area contributed by atoms with Crippen molar-refractivity contribution in [2.24, 2.45) is 5.92 Å². The molecule has 0 aromatic heterocycles. The van der Waals surface area contributed by atoms with E-state index in [4.69, 9.17) is 0 Å². The smallest absolute Gasteiger partial charge is 0.00665 e. The SMILES string of the molecule is C/C=C(\C)c1cccc(C(C)C)c1.C=C(C)Cc1ccc(C)c(C)c1/C=C\CC(C)C. The van der Waals surface area contributed by atoms with Crippen molar-refractivity contribution in [1.82, 2.24) is 0 Å². The van der Waals surface area contributed by atoms with E-state index in [1.54, 1.807) is 0 Å². The first-order valence-corrected chi connectivity index (χ1v) is 11.7. The minimum Gasteiger partial charge on any atom is -0.0998 e. The van der Waals surface area contributed by atoms with Crippen molar-refractivity contribution in [2.45, 2.75) is 81.1 Å². The van der Waals surface area contributed by atoms with Gasteiger partial charge in [-0.3, -0.25) is 0 Å². The standard InChI is InChI=1S/C18H26.C13H18/c1-13(2)8-7-9-18-16(6)15(5)10-11-17(18)12-14(3)4;1-5-11(4)13-8-6-7-12(9-13)10(2)3/h7,9-11,13H,3,8,12H2,1-2,4-6H3;5-10H,1-4H3/b9-7-;11-5+. The van der Waals surface area contributed by atoms with Crippen LogP contribution in [0.15, 0.2) is 60.7 Å². The Hall–Kier alpha value is -2.34. The highest BCUT2D eigenvalue weighted by molar-refractivity contribution is 5.64. The van der Waals surface area contributed by atoms with E-state index in [0.29, 0.717) is 5.92 Å². The molecule has 0 unspecified atom stereocenters. The molecule has 0 bridgehead atoms. The Labute approximate surface area is 192 Å². The minimum atomic E-state index is 0.615. The number of allylic oxidation sites excluding steroid dienone is 4. The Kier molecular flexibility index (Phi) is 11.3. The monoisotopic (exact) mass is 416 g/mol. The lowest BCUT2D eigenvalue weighted by Crippen LogP contribution is -1.96. The molecule has 2 aromatic carbocycles. The molecule has 0 aliphatic heterocycles. The summed E-state index contributed by atoms with van der Waals surface area (Å²) in [6.45, 7) is 23.7. The van der Waals surface area contributed by atoms with Crippen LogP contribution in [0.5, 0.6) is 0 Å². The van der Waals surface area contributed by atoms with Gasteiger partial charge in [0, 0.05) is 0 Å². The van der Waals surface area contributed by atoms with Gasteiger partial charge in [-0.2, -0.15) is 0 Å². The Morgan fingerprint density at radius 3 is 2.23 bits per heavy atom. The van der Waals surface area contributed by atoms with E-state index in [9.17, 15) is 0 Å². The number of benzene rings is 2. The topological polar surface area (TPSA) is 0 Å². The second kappa shape index (κ2) is 13.2. The highest BCUT2D eigenvalue weighted by Gasteiger charge is 2.06. The zero-order valence-corrected chi connectivity index (χ0v) is 21.5. The maximum absolute atomic E-state index is 4.03. The molecular formula is C31H44. The lowest BCUT2D eigenvalue weighted by atomic mass is 9.93. The van der Waals surface area contributed by atoms with Gasteiger partial charge in [0.05, 0.1) is 0 Å². The van der Waals surface area contributed by atoms with Gasteiger partial charge in [-0.15, -0.1) is 0 Å². The van der Waals surface area contributed by atoms with E-state index in [1.807, 2.05) is 0 Å². The fourth-order valence-electron chi connectivity index (χ4n) is 3.37. The molecule has 0 atom stereocenters. The molecule has 0 aliphatic carbocycles. The summed E-state index contributed by atoms with van der Waals surface area (Å²) in [6, 6.07) is 13.2. The van der Waals surface area contributed by atoms with Crippen LogP contribution in [0.25, 0.3) is 11.6 Å². The first-order valence-electron chi connectivity index (χ1n) is 11.7. The molecule has 0 nitrogen and oxygen atoms in total. The lowest BCUT2D eigenvalue weighted by Gasteiger charge is -2.12. The number of aryl methyl sites for hydroxylation is 1. The number of hydrogen-bond acceptors (Lipinski definition) is 0. The molecule has 0 saturated carbocycles. The van der Waals surface area contributed by atoms with Crippen LogP contribution >= 0.6 is 0 Å². The average molecular weight is 417 g/mol. The van der Waals surface area contributed by atoms with Crippen molar-refractivity contribution in [1.29, 1.82) is 0 Å². The largest absolute Gasteiger partial charge is 0.0998 e. The Morgan fingerprint density at radius 2 is 1.68 bits per heavy atom. The van der Waals surface area contributed by atoms with Crippen LogP contribution in [0, 0.1) is 19.8 Å². The van der Waals surface area contributed by atoms with Crippen LogP contribution in [-0.4, -0.2) is 0 Å². The van der Waals surface area contributed by atoms with Gasteiger partial charge in [0.2, 0.25) is 0 Å². The van der Waals surface area contributed by atoms with Crippen LogP contribution < -0.4 is 0 Å².